The van der Waals surface area contributed by atoms with Gasteiger partial charge in [0.15, 0.2) is 10.7 Å². The van der Waals surface area contributed by atoms with E-state index in [1.807, 2.05) is 37.3 Å². The maximum absolute atomic E-state index is 16.0. The van der Waals surface area contributed by atoms with Crippen LogP contribution in [0.25, 0.3) is 21.8 Å². The number of halogens is 3. The molecule has 5 rings (SSSR count). The Hall–Kier alpha value is -3.16. The molecule has 13 heteroatoms. The number of thiazole rings is 1. The predicted molar refractivity (Wildman–Crippen MR) is 158 cm³/mol. The molecule has 4 aromatic rings. The van der Waals surface area contributed by atoms with Gasteiger partial charge in [-0.25, -0.2) is 36.5 Å². The lowest BCUT2D eigenvalue weighted by Gasteiger charge is -2.22. The third kappa shape index (κ3) is 6.36. The molecule has 2 N–H and O–H groups in total. The lowest BCUT2D eigenvalue weighted by atomic mass is 9.98. The molecule has 0 spiro atoms. The largest absolute Gasteiger partial charge is 0.351 e. The van der Waals surface area contributed by atoms with Crippen molar-refractivity contribution < 1.29 is 21.6 Å². The van der Waals surface area contributed by atoms with Gasteiger partial charge in [-0.2, -0.15) is 11.8 Å². The molecule has 1 saturated heterocycles. The van der Waals surface area contributed by atoms with E-state index in [-0.39, 0.29) is 22.7 Å². The van der Waals surface area contributed by atoms with Crippen molar-refractivity contribution in [3.63, 3.8) is 0 Å². The second-order valence-corrected chi connectivity index (χ2v) is 14.4. The van der Waals surface area contributed by atoms with Crippen LogP contribution in [-0.2, 0) is 15.4 Å². The third-order valence-corrected chi connectivity index (χ3v) is 10.4. The molecule has 2 aromatic heterocycles. The molecule has 1 aliphatic heterocycles. The molecule has 0 amide bonds. The van der Waals surface area contributed by atoms with E-state index in [1.54, 1.807) is 12.3 Å². The number of benzene rings is 2. The SMILES string of the molecule is CC(C)(C)c1nc(-c2cccc(NS(=O)(=O)c3c(F)cccc3F)c2F)c(-c2ccnc(NC3CCSCC3)n2)s1. The monoisotopic (exact) mass is 619 g/mol. The highest BCUT2D eigenvalue weighted by Gasteiger charge is 2.29. The summed E-state index contributed by atoms with van der Waals surface area (Å²) < 4.78 is 72.2. The van der Waals surface area contributed by atoms with E-state index in [9.17, 15) is 17.2 Å². The molecular weight excluding hydrogens is 592 g/mol. The van der Waals surface area contributed by atoms with E-state index in [0.717, 1.165) is 47.6 Å². The first-order valence-electron chi connectivity index (χ1n) is 12.9. The fourth-order valence-electron chi connectivity index (χ4n) is 4.31. The fraction of sp³-hybridized carbons (Fsp3) is 0.321. The third-order valence-electron chi connectivity index (χ3n) is 6.40. The summed E-state index contributed by atoms with van der Waals surface area (Å²) in [6, 6.07) is 8.76. The Morgan fingerprint density at radius 2 is 1.63 bits per heavy atom. The Balaban J connectivity index is 1.56. The molecule has 7 nitrogen and oxygen atoms in total. The Labute approximate surface area is 245 Å². The number of rotatable bonds is 7. The van der Waals surface area contributed by atoms with E-state index in [0.29, 0.717) is 16.5 Å². The molecule has 0 bridgehead atoms. The zero-order valence-electron chi connectivity index (χ0n) is 22.5. The molecule has 1 aliphatic rings. The summed E-state index contributed by atoms with van der Waals surface area (Å²) in [5.41, 5.74) is -0.0207. The van der Waals surface area contributed by atoms with Gasteiger partial charge in [0.1, 0.15) is 11.6 Å². The molecule has 1 fully saturated rings. The quantitative estimate of drug-likeness (QED) is 0.228. The van der Waals surface area contributed by atoms with Crippen LogP contribution in [0.1, 0.15) is 38.6 Å². The number of aromatic nitrogens is 3. The molecule has 216 valence electrons. The number of thioether (sulfide) groups is 1. The van der Waals surface area contributed by atoms with Gasteiger partial charge in [-0.3, -0.25) is 4.72 Å². The van der Waals surface area contributed by atoms with Crippen molar-refractivity contribution in [1.82, 2.24) is 15.0 Å². The van der Waals surface area contributed by atoms with Crippen molar-refractivity contribution in [2.45, 2.75) is 50.0 Å². The average Bonchev–Trinajstić information content (AvgIpc) is 3.36. The maximum atomic E-state index is 16.0. The summed E-state index contributed by atoms with van der Waals surface area (Å²) >= 11 is 3.28. The smallest absolute Gasteiger partial charge is 0.267 e. The van der Waals surface area contributed by atoms with Gasteiger partial charge in [-0.1, -0.05) is 32.9 Å². The van der Waals surface area contributed by atoms with E-state index in [2.05, 4.69) is 10.3 Å². The van der Waals surface area contributed by atoms with E-state index >= 15 is 4.39 Å². The van der Waals surface area contributed by atoms with Crippen LogP contribution in [0.15, 0.2) is 53.6 Å². The normalized spacial score (nSPS) is 14.7. The first kappa shape index (κ1) is 29.3. The zero-order valence-corrected chi connectivity index (χ0v) is 25.0. The Morgan fingerprint density at radius 1 is 0.951 bits per heavy atom. The summed E-state index contributed by atoms with van der Waals surface area (Å²) in [6.45, 7) is 5.95. The van der Waals surface area contributed by atoms with Crippen molar-refractivity contribution in [3.8, 4) is 21.8 Å². The Bertz CT molecular complexity index is 1660. The van der Waals surface area contributed by atoms with Gasteiger partial charge < -0.3 is 5.32 Å². The number of nitrogens with one attached hydrogen (secondary N) is 2. The lowest BCUT2D eigenvalue weighted by molar-refractivity contribution is 0.521. The lowest BCUT2D eigenvalue weighted by Crippen LogP contribution is -2.25. The molecule has 0 atom stereocenters. The molecule has 3 heterocycles. The summed E-state index contributed by atoms with van der Waals surface area (Å²) in [5.74, 6) is -0.920. The minimum Gasteiger partial charge on any atom is -0.351 e. The maximum Gasteiger partial charge on any atom is 0.267 e. The Morgan fingerprint density at radius 3 is 2.32 bits per heavy atom. The standard InChI is InChI=1S/C28H28F3N5O2S3/c1-28(2,3)26-35-23(24(40-26)21-10-13-32-27(34-21)33-16-11-14-39-15-12-16)17-6-4-9-20(22(17)31)36-41(37,38)25-18(29)7-5-8-19(25)30/h4-10,13,16,36H,11-12,14-15H2,1-3H3,(H,32,33,34). The minimum atomic E-state index is -4.78. The molecule has 2 aromatic carbocycles. The molecule has 0 unspecified atom stereocenters. The topological polar surface area (TPSA) is 96.9 Å². The van der Waals surface area contributed by atoms with Crippen molar-refractivity contribution >= 4 is 44.8 Å². The first-order chi connectivity index (χ1) is 19.4. The minimum absolute atomic E-state index is 0.0124. The van der Waals surface area contributed by atoms with E-state index in [1.165, 1.54) is 29.5 Å². The van der Waals surface area contributed by atoms with Crippen LogP contribution in [0.3, 0.4) is 0 Å². The van der Waals surface area contributed by atoms with Crippen LogP contribution < -0.4 is 10.0 Å². The summed E-state index contributed by atoms with van der Waals surface area (Å²) in [7, 11) is -4.78. The second-order valence-electron chi connectivity index (χ2n) is 10.6. The molecule has 41 heavy (non-hydrogen) atoms. The van der Waals surface area contributed by atoms with Gasteiger partial charge in [-0.15, -0.1) is 11.3 Å². The number of hydrogen-bond acceptors (Lipinski definition) is 8. The van der Waals surface area contributed by atoms with Gasteiger partial charge in [0.2, 0.25) is 5.95 Å². The zero-order chi connectivity index (χ0) is 29.4. The second kappa shape index (κ2) is 11.6. The van der Waals surface area contributed by atoms with Gasteiger partial charge in [0.25, 0.3) is 10.0 Å². The van der Waals surface area contributed by atoms with Crippen molar-refractivity contribution in [3.05, 3.63) is 71.1 Å². The van der Waals surface area contributed by atoms with Crippen LogP contribution in [-0.4, -0.2) is 40.9 Å². The van der Waals surface area contributed by atoms with Gasteiger partial charge in [-0.05, 0) is 54.7 Å². The number of sulfonamides is 1. The van der Waals surface area contributed by atoms with Gasteiger partial charge in [0, 0.05) is 23.2 Å². The highest BCUT2D eigenvalue weighted by Crippen LogP contribution is 2.42. The molecule has 0 radical (unpaired) electrons. The highest BCUT2D eigenvalue weighted by atomic mass is 32.2. The van der Waals surface area contributed by atoms with Crippen LogP contribution in [0, 0.1) is 17.5 Å². The molecule has 0 saturated carbocycles. The average molecular weight is 620 g/mol. The van der Waals surface area contributed by atoms with Crippen molar-refractivity contribution in [2.75, 3.05) is 21.5 Å². The fourth-order valence-corrected chi connectivity index (χ4v) is 7.72. The van der Waals surface area contributed by atoms with Crippen LogP contribution in [0.4, 0.5) is 24.8 Å². The van der Waals surface area contributed by atoms with E-state index < -0.39 is 38.1 Å². The highest BCUT2D eigenvalue weighted by molar-refractivity contribution is 7.99. The van der Waals surface area contributed by atoms with Crippen LogP contribution in [0.5, 0.6) is 0 Å². The van der Waals surface area contributed by atoms with Gasteiger partial charge >= 0.3 is 0 Å². The van der Waals surface area contributed by atoms with Crippen molar-refractivity contribution in [2.24, 2.45) is 0 Å². The van der Waals surface area contributed by atoms with Crippen molar-refractivity contribution in [1.29, 1.82) is 0 Å². The number of hydrogen-bond donors (Lipinski definition) is 2. The number of nitrogens with zero attached hydrogens (tertiary/aromatic N) is 3. The summed E-state index contributed by atoms with van der Waals surface area (Å²) in [6.07, 6.45) is 3.64. The molecular formula is C28H28F3N5O2S3. The summed E-state index contributed by atoms with van der Waals surface area (Å²) in [5, 5.41) is 4.12. The van der Waals surface area contributed by atoms with E-state index in [4.69, 9.17) is 9.97 Å². The Kier molecular flexibility index (Phi) is 8.31. The number of anilines is 2. The van der Waals surface area contributed by atoms with Crippen LogP contribution >= 0.6 is 23.1 Å². The molecule has 0 aliphatic carbocycles. The van der Waals surface area contributed by atoms with Crippen LogP contribution in [0.2, 0.25) is 0 Å². The summed E-state index contributed by atoms with van der Waals surface area (Å²) in [4.78, 5) is 13.2. The predicted octanol–water partition coefficient (Wildman–Crippen LogP) is 7.09. The first-order valence-corrected chi connectivity index (χ1v) is 16.3. The van der Waals surface area contributed by atoms with Gasteiger partial charge in [0.05, 0.1) is 27.0 Å².